The van der Waals surface area contributed by atoms with Crippen LogP contribution in [0.2, 0.25) is 0 Å². The molecular weight excluding hydrogens is 288 g/mol. The van der Waals surface area contributed by atoms with Crippen LogP contribution in [0.5, 0.6) is 0 Å². The fraction of sp³-hybridized carbons (Fsp3) is 0.562. The summed E-state index contributed by atoms with van der Waals surface area (Å²) in [5, 5.41) is 16.3. The van der Waals surface area contributed by atoms with E-state index in [0.717, 1.165) is 25.3 Å². The molecule has 1 unspecified atom stereocenters. The van der Waals surface area contributed by atoms with Gasteiger partial charge in [-0.05, 0) is 50.8 Å². The molecule has 1 aliphatic carbocycles. The third-order valence-electron chi connectivity index (χ3n) is 3.96. The lowest BCUT2D eigenvalue weighted by molar-refractivity contribution is -0.0236. The minimum Gasteiger partial charge on any atom is -0.388 e. The molecule has 0 aromatic heterocycles. The topological polar surface area (TPSA) is 56.7 Å². The van der Waals surface area contributed by atoms with Gasteiger partial charge in [0.05, 0.1) is 18.2 Å². The highest BCUT2D eigenvalue weighted by molar-refractivity contribution is 5.80. The van der Waals surface area contributed by atoms with Crippen molar-refractivity contribution in [3.05, 3.63) is 35.4 Å². The summed E-state index contributed by atoms with van der Waals surface area (Å²) in [6.07, 6.45) is 2.57. The average Bonchev–Trinajstić information content (AvgIpc) is 2.45. The number of guanidine groups is 1. The SMILES string of the molecule is CCNC(=NCC1(O)CCC1)NC(C)c1ccc(F)c(F)c1. The summed E-state index contributed by atoms with van der Waals surface area (Å²) >= 11 is 0. The van der Waals surface area contributed by atoms with E-state index in [0.29, 0.717) is 24.6 Å². The normalized spacial score (nSPS) is 18.5. The smallest absolute Gasteiger partial charge is 0.191 e. The molecule has 2 rings (SSSR count). The Morgan fingerprint density at radius 2 is 2.09 bits per heavy atom. The summed E-state index contributed by atoms with van der Waals surface area (Å²) in [5.41, 5.74) is -0.0556. The standard InChI is InChI=1S/C16H23F2N3O/c1-3-19-15(20-10-16(22)7-4-8-16)21-11(2)12-5-6-13(17)14(18)9-12/h5-6,9,11,22H,3-4,7-8,10H2,1-2H3,(H2,19,20,21). The lowest BCUT2D eigenvalue weighted by Gasteiger charge is -2.35. The fourth-order valence-corrected chi connectivity index (χ4v) is 2.36. The molecule has 0 heterocycles. The van der Waals surface area contributed by atoms with Crippen molar-refractivity contribution in [1.82, 2.24) is 10.6 Å². The number of benzene rings is 1. The molecule has 122 valence electrons. The number of aliphatic imine (C=N–C) groups is 1. The Hall–Kier alpha value is -1.69. The second-order valence-electron chi connectivity index (χ2n) is 5.81. The van der Waals surface area contributed by atoms with E-state index in [1.54, 1.807) is 6.07 Å². The first-order valence-corrected chi connectivity index (χ1v) is 7.66. The predicted octanol–water partition coefficient (Wildman–Crippen LogP) is 2.50. The maximum absolute atomic E-state index is 13.3. The zero-order chi connectivity index (χ0) is 16.2. The van der Waals surface area contributed by atoms with Crippen LogP contribution in [0, 0.1) is 11.6 Å². The van der Waals surface area contributed by atoms with E-state index in [9.17, 15) is 13.9 Å². The molecular formula is C16H23F2N3O. The molecule has 1 aromatic rings. The van der Waals surface area contributed by atoms with Gasteiger partial charge in [0, 0.05) is 6.54 Å². The highest BCUT2D eigenvalue weighted by Crippen LogP contribution is 2.31. The number of rotatable bonds is 5. The van der Waals surface area contributed by atoms with Gasteiger partial charge in [-0.2, -0.15) is 0 Å². The minimum absolute atomic E-state index is 0.232. The summed E-state index contributed by atoms with van der Waals surface area (Å²) in [6, 6.07) is 3.60. The fourth-order valence-electron chi connectivity index (χ4n) is 2.36. The van der Waals surface area contributed by atoms with Gasteiger partial charge in [0.25, 0.3) is 0 Å². The molecule has 1 aliphatic rings. The molecule has 3 N–H and O–H groups in total. The van der Waals surface area contributed by atoms with Crippen LogP contribution in [0.3, 0.4) is 0 Å². The van der Waals surface area contributed by atoms with E-state index < -0.39 is 17.2 Å². The Kier molecular flexibility index (Phi) is 5.34. The van der Waals surface area contributed by atoms with E-state index in [4.69, 9.17) is 0 Å². The van der Waals surface area contributed by atoms with Gasteiger partial charge in [0.2, 0.25) is 0 Å². The Balaban J connectivity index is 2.02. The van der Waals surface area contributed by atoms with E-state index >= 15 is 0 Å². The molecule has 0 amide bonds. The number of hydrogen-bond acceptors (Lipinski definition) is 2. The third kappa shape index (κ3) is 4.16. The highest BCUT2D eigenvalue weighted by Gasteiger charge is 2.34. The quantitative estimate of drug-likeness (QED) is 0.578. The van der Waals surface area contributed by atoms with Crippen molar-refractivity contribution >= 4 is 5.96 Å². The van der Waals surface area contributed by atoms with Gasteiger partial charge in [-0.25, -0.2) is 8.78 Å². The minimum atomic E-state index is -0.864. The maximum atomic E-state index is 13.3. The molecule has 0 saturated heterocycles. The van der Waals surface area contributed by atoms with Gasteiger partial charge < -0.3 is 15.7 Å². The molecule has 6 heteroatoms. The molecule has 0 aliphatic heterocycles. The molecule has 1 atom stereocenters. The Morgan fingerprint density at radius 3 is 2.64 bits per heavy atom. The Labute approximate surface area is 129 Å². The van der Waals surface area contributed by atoms with Gasteiger partial charge in [0.1, 0.15) is 0 Å². The van der Waals surface area contributed by atoms with Gasteiger partial charge in [0.15, 0.2) is 17.6 Å². The Morgan fingerprint density at radius 1 is 1.36 bits per heavy atom. The molecule has 4 nitrogen and oxygen atoms in total. The monoisotopic (exact) mass is 311 g/mol. The predicted molar refractivity (Wildman–Crippen MR) is 82.7 cm³/mol. The zero-order valence-corrected chi connectivity index (χ0v) is 13.0. The van der Waals surface area contributed by atoms with E-state index in [1.165, 1.54) is 6.07 Å². The highest BCUT2D eigenvalue weighted by atomic mass is 19.2. The van der Waals surface area contributed by atoms with Crippen LogP contribution >= 0.6 is 0 Å². The van der Waals surface area contributed by atoms with Gasteiger partial charge >= 0.3 is 0 Å². The van der Waals surface area contributed by atoms with Crippen LogP contribution < -0.4 is 10.6 Å². The summed E-state index contributed by atoms with van der Waals surface area (Å²) in [5.74, 6) is -1.17. The zero-order valence-electron chi connectivity index (χ0n) is 13.0. The summed E-state index contributed by atoms with van der Waals surface area (Å²) < 4.78 is 26.3. The molecule has 1 saturated carbocycles. The van der Waals surface area contributed by atoms with Gasteiger partial charge in [-0.15, -0.1) is 0 Å². The van der Waals surface area contributed by atoms with Crippen molar-refractivity contribution in [2.24, 2.45) is 4.99 Å². The van der Waals surface area contributed by atoms with Crippen molar-refractivity contribution in [2.75, 3.05) is 13.1 Å². The first kappa shape index (κ1) is 16.7. The van der Waals surface area contributed by atoms with Crippen LogP contribution in [-0.2, 0) is 0 Å². The molecule has 0 radical (unpaired) electrons. The number of hydrogen-bond donors (Lipinski definition) is 3. The third-order valence-corrected chi connectivity index (χ3v) is 3.96. The molecule has 22 heavy (non-hydrogen) atoms. The van der Waals surface area contributed by atoms with Gasteiger partial charge in [-0.1, -0.05) is 6.07 Å². The van der Waals surface area contributed by atoms with Crippen molar-refractivity contribution < 1.29 is 13.9 Å². The summed E-state index contributed by atoms with van der Waals surface area (Å²) in [4.78, 5) is 4.39. The van der Waals surface area contributed by atoms with Crippen LogP contribution in [0.15, 0.2) is 23.2 Å². The first-order valence-electron chi connectivity index (χ1n) is 7.66. The molecule has 0 spiro atoms. The molecule has 1 fully saturated rings. The lowest BCUT2D eigenvalue weighted by Crippen LogP contribution is -2.43. The number of nitrogens with zero attached hydrogens (tertiary/aromatic N) is 1. The van der Waals surface area contributed by atoms with Crippen molar-refractivity contribution in [3.8, 4) is 0 Å². The Bertz CT molecular complexity index is 544. The van der Waals surface area contributed by atoms with Crippen molar-refractivity contribution in [2.45, 2.75) is 44.8 Å². The maximum Gasteiger partial charge on any atom is 0.191 e. The molecule has 0 bridgehead atoms. The largest absolute Gasteiger partial charge is 0.388 e. The van der Waals surface area contributed by atoms with E-state index in [2.05, 4.69) is 15.6 Å². The summed E-state index contributed by atoms with van der Waals surface area (Å²) in [7, 11) is 0. The first-order chi connectivity index (χ1) is 10.4. The number of aliphatic hydroxyl groups is 1. The average molecular weight is 311 g/mol. The van der Waals surface area contributed by atoms with Crippen LogP contribution in [0.4, 0.5) is 8.78 Å². The van der Waals surface area contributed by atoms with E-state index in [1.807, 2.05) is 13.8 Å². The van der Waals surface area contributed by atoms with E-state index in [-0.39, 0.29) is 6.04 Å². The van der Waals surface area contributed by atoms with Crippen molar-refractivity contribution in [1.29, 1.82) is 0 Å². The van der Waals surface area contributed by atoms with Gasteiger partial charge in [-0.3, -0.25) is 4.99 Å². The summed E-state index contributed by atoms with van der Waals surface area (Å²) in [6.45, 7) is 4.80. The van der Waals surface area contributed by atoms with Crippen molar-refractivity contribution in [3.63, 3.8) is 0 Å². The number of halogens is 2. The number of nitrogens with one attached hydrogen (secondary N) is 2. The second-order valence-corrected chi connectivity index (χ2v) is 5.81. The van der Waals surface area contributed by atoms with Crippen LogP contribution in [-0.4, -0.2) is 29.8 Å². The molecule has 1 aromatic carbocycles. The second kappa shape index (κ2) is 7.05. The van der Waals surface area contributed by atoms with Crippen LogP contribution in [0.25, 0.3) is 0 Å². The lowest BCUT2D eigenvalue weighted by atomic mass is 9.80. The van der Waals surface area contributed by atoms with Crippen LogP contribution in [0.1, 0.15) is 44.7 Å².